The molecule has 1 heterocycles. The highest BCUT2D eigenvalue weighted by Gasteiger charge is 2.22. The number of hydrogen-bond donors (Lipinski definition) is 2. The van der Waals surface area contributed by atoms with Gasteiger partial charge in [-0.15, -0.1) is 0 Å². The first-order chi connectivity index (χ1) is 7.77. The van der Waals surface area contributed by atoms with E-state index in [1.807, 2.05) is 0 Å². The van der Waals surface area contributed by atoms with Crippen LogP contribution in [-0.4, -0.2) is 35.3 Å². The average molecular weight is 228 g/mol. The van der Waals surface area contributed by atoms with Crippen LogP contribution in [0, 0.1) is 0 Å². The summed E-state index contributed by atoms with van der Waals surface area (Å²) in [6, 6.07) is 0.958. The Labute approximate surface area is 100 Å². The van der Waals surface area contributed by atoms with Crippen LogP contribution in [0.15, 0.2) is 0 Å². The predicted molar refractivity (Wildman–Crippen MR) is 67.7 cm³/mol. The van der Waals surface area contributed by atoms with E-state index in [0.717, 1.165) is 13.0 Å². The van der Waals surface area contributed by atoms with E-state index < -0.39 is 0 Å². The summed E-state index contributed by atoms with van der Waals surface area (Å²) >= 11 is 0. The molecule has 1 aliphatic heterocycles. The third kappa shape index (κ3) is 4.81. The molecule has 16 heavy (non-hydrogen) atoms. The van der Waals surface area contributed by atoms with E-state index >= 15 is 0 Å². The number of hydrogen-bond acceptors (Lipinski definition) is 3. The molecule has 3 heteroatoms. The van der Waals surface area contributed by atoms with Crippen LogP contribution in [0.4, 0.5) is 0 Å². The lowest BCUT2D eigenvalue weighted by Gasteiger charge is -2.36. The van der Waals surface area contributed by atoms with Crippen LogP contribution in [0.1, 0.15) is 58.8 Å². The van der Waals surface area contributed by atoms with Gasteiger partial charge in [-0.2, -0.15) is 0 Å². The van der Waals surface area contributed by atoms with Crippen LogP contribution in [0.3, 0.4) is 0 Å². The van der Waals surface area contributed by atoms with Gasteiger partial charge in [-0.25, -0.2) is 5.48 Å². The smallest absolute Gasteiger partial charge is 0.0447 e. The fourth-order valence-electron chi connectivity index (χ4n) is 2.56. The fourth-order valence-corrected chi connectivity index (χ4v) is 2.56. The minimum absolute atomic E-state index is 0.284. The molecule has 96 valence electrons. The summed E-state index contributed by atoms with van der Waals surface area (Å²) in [4.78, 5) is 2.52. The largest absolute Gasteiger partial charge is 0.316 e. The monoisotopic (exact) mass is 228 g/mol. The lowest BCUT2D eigenvalue weighted by Crippen LogP contribution is -2.48. The Morgan fingerprint density at radius 2 is 2.19 bits per heavy atom. The van der Waals surface area contributed by atoms with Gasteiger partial charge in [-0.05, 0) is 32.7 Å². The van der Waals surface area contributed by atoms with E-state index in [4.69, 9.17) is 5.21 Å². The number of likely N-dealkylation sites (tertiary alicyclic amines) is 1. The quantitative estimate of drug-likeness (QED) is 0.519. The Morgan fingerprint density at radius 1 is 1.38 bits per heavy atom. The Balaban J connectivity index is 2.16. The van der Waals surface area contributed by atoms with Crippen LogP contribution < -0.4 is 5.48 Å². The van der Waals surface area contributed by atoms with Gasteiger partial charge in [-0.1, -0.05) is 32.6 Å². The van der Waals surface area contributed by atoms with Gasteiger partial charge in [0.15, 0.2) is 0 Å². The molecule has 0 aromatic rings. The van der Waals surface area contributed by atoms with Gasteiger partial charge >= 0.3 is 0 Å². The summed E-state index contributed by atoms with van der Waals surface area (Å²) in [5.74, 6) is 0. The number of piperidine rings is 1. The number of unbranched alkanes of at least 4 members (excludes halogenated alkanes) is 3. The molecular formula is C13H28N2O. The molecule has 2 atom stereocenters. The van der Waals surface area contributed by atoms with Crippen LogP contribution in [0.2, 0.25) is 0 Å². The Hall–Kier alpha value is -0.120. The number of nitrogens with one attached hydrogen (secondary N) is 1. The number of nitrogens with zero attached hydrogens (tertiary/aromatic N) is 1. The van der Waals surface area contributed by atoms with Gasteiger partial charge in [0.2, 0.25) is 0 Å². The Morgan fingerprint density at radius 3 is 2.88 bits per heavy atom. The third-order valence-electron chi connectivity index (χ3n) is 3.73. The van der Waals surface area contributed by atoms with Gasteiger partial charge in [0.05, 0.1) is 0 Å². The van der Waals surface area contributed by atoms with Crippen molar-refractivity contribution in [1.29, 1.82) is 0 Å². The molecule has 0 spiro atoms. The van der Waals surface area contributed by atoms with Gasteiger partial charge in [0, 0.05) is 18.6 Å². The molecule has 0 saturated carbocycles. The Bertz CT molecular complexity index is 175. The molecule has 2 unspecified atom stereocenters. The predicted octanol–water partition coefficient (Wildman–Crippen LogP) is 2.79. The second-order valence-corrected chi connectivity index (χ2v) is 5.16. The van der Waals surface area contributed by atoms with E-state index in [0.29, 0.717) is 6.04 Å². The summed E-state index contributed by atoms with van der Waals surface area (Å²) in [5.41, 5.74) is 2.42. The standard InChI is InChI=1S/C13H28N2O/c1-3-4-5-6-8-12(2)15-10-7-9-13(11-15)14-16/h12-14,16H,3-11H2,1-2H3. The van der Waals surface area contributed by atoms with Crippen molar-refractivity contribution < 1.29 is 5.21 Å². The van der Waals surface area contributed by atoms with Gasteiger partial charge in [0.1, 0.15) is 0 Å². The summed E-state index contributed by atoms with van der Waals surface area (Å²) in [5, 5.41) is 8.96. The zero-order chi connectivity index (χ0) is 11.8. The van der Waals surface area contributed by atoms with Gasteiger partial charge < -0.3 is 5.21 Å². The van der Waals surface area contributed by atoms with Crippen LogP contribution in [-0.2, 0) is 0 Å². The first-order valence-electron chi connectivity index (χ1n) is 6.91. The maximum atomic E-state index is 8.96. The molecule has 0 amide bonds. The highest BCUT2D eigenvalue weighted by molar-refractivity contribution is 4.79. The molecule has 1 aliphatic rings. The normalized spacial score (nSPS) is 24.6. The molecule has 0 aliphatic carbocycles. The van der Waals surface area contributed by atoms with Crippen LogP contribution in [0.25, 0.3) is 0 Å². The lowest BCUT2D eigenvalue weighted by molar-refractivity contribution is 0.0588. The first kappa shape index (κ1) is 13.9. The summed E-state index contributed by atoms with van der Waals surface area (Å²) < 4.78 is 0. The molecule has 0 aromatic carbocycles. The summed E-state index contributed by atoms with van der Waals surface area (Å²) in [7, 11) is 0. The maximum absolute atomic E-state index is 8.96. The van der Waals surface area contributed by atoms with Crippen LogP contribution in [0.5, 0.6) is 0 Å². The van der Waals surface area contributed by atoms with Crippen molar-refractivity contribution in [3.05, 3.63) is 0 Å². The van der Waals surface area contributed by atoms with E-state index in [2.05, 4.69) is 24.2 Å². The maximum Gasteiger partial charge on any atom is 0.0447 e. The van der Waals surface area contributed by atoms with Crippen molar-refractivity contribution in [2.75, 3.05) is 13.1 Å². The summed E-state index contributed by atoms with van der Waals surface area (Å²) in [6.45, 7) is 6.79. The molecule has 1 rings (SSSR count). The van der Waals surface area contributed by atoms with E-state index in [-0.39, 0.29) is 6.04 Å². The van der Waals surface area contributed by atoms with Gasteiger partial charge in [-0.3, -0.25) is 4.90 Å². The molecule has 1 saturated heterocycles. The third-order valence-corrected chi connectivity index (χ3v) is 3.73. The topological polar surface area (TPSA) is 35.5 Å². The van der Waals surface area contributed by atoms with E-state index in [9.17, 15) is 0 Å². The fraction of sp³-hybridized carbons (Fsp3) is 1.00. The van der Waals surface area contributed by atoms with Crippen molar-refractivity contribution in [1.82, 2.24) is 10.4 Å². The number of hydroxylamine groups is 1. The van der Waals surface area contributed by atoms with Crippen molar-refractivity contribution in [2.45, 2.75) is 70.9 Å². The molecule has 0 aromatic heterocycles. The zero-order valence-corrected chi connectivity index (χ0v) is 10.9. The minimum Gasteiger partial charge on any atom is -0.316 e. The number of rotatable bonds is 7. The highest BCUT2D eigenvalue weighted by Crippen LogP contribution is 2.16. The Kier molecular flexibility index (Phi) is 7.01. The molecule has 2 N–H and O–H groups in total. The SMILES string of the molecule is CCCCCCC(C)N1CCCC(NO)C1. The second kappa shape index (κ2) is 8.04. The summed E-state index contributed by atoms with van der Waals surface area (Å²) in [6.07, 6.45) is 9.02. The van der Waals surface area contributed by atoms with Crippen molar-refractivity contribution in [2.24, 2.45) is 0 Å². The van der Waals surface area contributed by atoms with Crippen molar-refractivity contribution in [3.8, 4) is 0 Å². The highest BCUT2D eigenvalue weighted by atomic mass is 16.5. The molecule has 3 nitrogen and oxygen atoms in total. The van der Waals surface area contributed by atoms with E-state index in [1.54, 1.807) is 0 Å². The molecular weight excluding hydrogens is 200 g/mol. The van der Waals surface area contributed by atoms with E-state index in [1.165, 1.54) is 45.1 Å². The first-order valence-corrected chi connectivity index (χ1v) is 6.91. The molecule has 1 fully saturated rings. The minimum atomic E-state index is 0.284. The van der Waals surface area contributed by atoms with Gasteiger partial charge in [0.25, 0.3) is 0 Å². The average Bonchev–Trinajstić information content (AvgIpc) is 2.34. The second-order valence-electron chi connectivity index (χ2n) is 5.16. The molecule has 0 radical (unpaired) electrons. The molecule has 0 bridgehead atoms. The van der Waals surface area contributed by atoms with Crippen molar-refractivity contribution in [3.63, 3.8) is 0 Å². The zero-order valence-electron chi connectivity index (χ0n) is 10.9. The van der Waals surface area contributed by atoms with Crippen LogP contribution >= 0.6 is 0 Å². The van der Waals surface area contributed by atoms with Crippen molar-refractivity contribution >= 4 is 0 Å². The lowest BCUT2D eigenvalue weighted by atomic mass is 10.0.